The quantitative estimate of drug-likeness (QED) is 0.434. The van der Waals surface area contributed by atoms with Gasteiger partial charge in [-0.05, 0) is 11.5 Å². The molecule has 0 aromatic rings. The molecule has 0 saturated carbocycles. The zero-order valence-corrected chi connectivity index (χ0v) is 4.56. The smallest absolute Gasteiger partial charge is 0.0355 e. The van der Waals surface area contributed by atoms with Gasteiger partial charge in [0.05, 0.1) is 0 Å². The Hall–Kier alpha value is -0.500. The van der Waals surface area contributed by atoms with E-state index < -0.39 is 0 Å². The van der Waals surface area contributed by atoms with E-state index in [0.29, 0.717) is 0 Å². The average molecular weight is 111 g/mol. The topological polar surface area (TPSA) is 12.4 Å². The summed E-state index contributed by atoms with van der Waals surface area (Å²) in [4.78, 5) is 0. The molecule has 0 amide bonds. The van der Waals surface area contributed by atoms with Gasteiger partial charge in [0.1, 0.15) is 0 Å². The van der Waals surface area contributed by atoms with Crippen molar-refractivity contribution < 1.29 is 0 Å². The van der Waals surface area contributed by atoms with Crippen LogP contribution in [-0.4, -0.2) is 6.21 Å². The third-order valence-corrected chi connectivity index (χ3v) is 1.09. The highest BCUT2D eigenvalue weighted by Crippen LogP contribution is 2.03. The summed E-state index contributed by atoms with van der Waals surface area (Å²) in [6.45, 7) is 0. The van der Waals surface area contributed by atoms with Crippen LogP contribution in [0.4, 0.5) is 0 Å². The molecule has 0 radical (unpaired) electrons. The fourth-order valence-electron chi connectivity index (χ4n) is 0.300. The molecule has 0 N–H and O–H groups in total. The lowest BCUT2D eigenvalue weighted by Crippen LogP contribution is -1.51. The van der Waals surface area contributed by atoms with Gasteiger partial charge in [-0.3, -0.25) is 0 Å². The van der Waals surface area contributed by atoms with Crippen LogP contribution >= 0.6 is 11.9 Å². The van der Waals surface area contributed by atoms with E-state index in [9.17, 15) is 0 Å². The number of hydrogen-bond acceptors (Lipinski definition) is 2. The van der Waals surface area contributed by atoms with Gasteiger partial charge in [0.25, 0.3) is 0 Å². The summed E-state index contributed by atoms with van der Waals surface area (Å²) < 4.78 is 3.89. The second kappa shape index (κ2) is 2.64. The molecule has 36 valence electrons. The fourth-order valence-corrected chi connectivity index (χ4v) is 0.672. The summed E-state index contributed by atoms with van der Waals surface area (Å²) in [5.41, 5.74) is 0. The molecule has 0 unspecified atom stereocenters. The van der Waals surface area contributed by atoms with Crippen LogP contribution in [0.2, 0.25) is 0 Å². The van der Waals surface area contributed by atoms with Gasteiger partial charge in [-0.2, -0.15) is 0 Å². The van der Waals surface area contributed by atoms with Crippen LogP contribution < -0.4 is 0 Å². The number of allylic oxidation sites excluding steroid dienone is 3. The van der Waals surface area contributed by atoms with Crippen LogP contribution in [0, 0.1) is 0 Å². The zero-order chi connectivity index (χ0) is 4.95. The lowest BCUT2D eigenvalue weighted by molar-refractivity contribution is 1.99. The van der Waals surface area contributed by atoms with Gasteiger partial charge in [0.2, 0.25) is 0 Å². The highest BCUT2D eigenvalue weighted by molar-refractivity contribution is 8.01. The van der Waals surface area contributed by atoms with E-state index >= 15 is 0 Å². The molecule has 1 aliphatic heterocycles. The Labute approximate surface area is 47.0 Å². The maximum Gasteiger partial charge on any atom is 0.0355 e. The third kappa shape index (κ3) is 1.59. The molecule has 0 bridgehead atoms. The van der Waals surface area contributed by atoms with Crippen LogP contribution in [-0.2, 0) is 0 Å². The minimum absolute atomic E-state index is 1.44. The van der Waals surface area contributed by atoms with E-state index in [1.54, 1.807) is 6.21 Å². The molecule has 0 saturated heterocycles. The van der Waals surface area contributed by atoms with Crippen molar-refractivity contribution in [1.29, 1.82) is 0 Å². The first-order valence-corrected chi connectivity index (χ1v) is 2.85. The molecular weight excluding hydrogens is 106 g/mol. The minimum atomic E-state index is 1.44. The molecule has 1 aliphatic rings. The first-order chi connectivity index (χ1) is 3.50. The molecular formula is C5H5NS. The normalized spacial score (nSPS) is 17.1. The van der Waals surface area contributed by atoms with Crippen molar-refractivity contribution in [3.8, 4) is 0 Å². The maximum atomic E-state index is 3.89. The number of rotatable bonds is 0. The first-order valence-electron chi connectivity index (χ1n) is 2.01. The largest absolute Gasteiger partial charge is 0.220 e. The molecule has 0 spiro atoms. The molecule has 2 heteroatoms. The molecule has 1 nitrogen and oxygen atoms in total. The number of hydrogen-bond donors (Lipinski definition) is 0. The highest BCUT2D eigenvalue weighted by atomic mass is 32.2. The van der Waals surface area contributed by atoms with Gasteiger partial charge in [-0.15, -0.1) is 0 Å². The Morgan fingerprint density at radius 2 is 2.14 bits per heavy atom. The average Bonchev–Trinajstić information content (AvgIpc) is 1.90. The molecule has 1 heterocycles. The van der Waals surface area contributed by atoms with Crippen molar-refractivity contribution in [1.82, 2.24) is 0 Å². The van der Waals surface area contributed by atoms with Crippen molar-refractivity contribution in [3.05, 3.63) is 23.6 Å². The monoisotopic (exact) mass is 111 g/mol. The summed E-state index contributed by atoms with van der Waals surface area (Å²) in [7, 11) is 0. The van der Waals surface area contributed by atoms with Crippen LogP contribution in [0.5, 0.6) is 0 Å². The van der Waals surface area contributed by atoms with E-state index in [-0.39, 0.29) is 0 Å². The van der Waals surface area contributed by atoms with Crippen molar-refractivity contribution in [2.45, 2.75) is 0 Å². The van der Waals surface area contributed by atoms with Crippen molar-refractivity contribution in [2.24, 2.45) is 4.40 Å². The maximum absolute atomic E-state index is 3.89. The Kier molecular flexibility index (Phi) is 1.75. The van der Waals surface area contributed by atoms with Crippen LogP contribution in [0.15, 0.2) is 28.0 Å². The predicted octanol–water partition coefficient (Wildman–Crippen LogP) is 1.79. The SMILES string of the molecule is C1=CC=NSC=C1. The van der Waals surface area contributed by atoms with E-state index in [0.717, 1.165) is 0 Å². The van der Waals surface area contributed by atoms with Crippen LogP contribution in [0.1, 0.15) is 0 Å². The van der Waals surface area contributed by atoms with Crippen molar-refractivity contribution >= 4 is 18.2 Å². The molecule has 1 rings (SSSR count). The summed E-state index contributed by atoms with van der Waals surface area (Å²) >= 11 is 1.44. The lowest BCUT2D eigenvalue weighted by atomic mass is 10.5. The van der Waals surface area contributed by atoms with Gasteiger partial charge in [0, 0.05) is 18.2 Å². The van der Waals surface area contributed by atoms with E-state index in [1.165, 1.54) is 11.9 Å². The van der Waals surface area contributed by atoms with Gasteiger partial charge < -0.3 is 0 Å². The lowest BCUT2D eigenvalue weighted by Gasteiger charge is -1.70. The molecule has 7 heavy (non-hydrogen) atoms. The highest BCUT2D eigenvalue weighted by Gasteiger charge is 1.71. The second-order valence-electron chi connectivity index (χ2n) is 1.07. The summed E-state index contributed by atoms with van der Waals surface area (Å²) in [5.74, 6) is 0. The Morgan fingerprint density at radius 3 is 3.14 bits per heavy atom. The van der Waals surface area contributed by atoms with Crippen molar-refractivity contribution in [3.63, 3.8) is 0 Å². The predicted molar refractivity (Wildman–Crippen MR) is 34.4 cm³/mol. The summed E-state index contributed by atoms with van der Waals surface area (Å²) in [6.07, 6.45) is 7.57. The van der Waals surface area contributed by atoms with Crippen molar-refractivity contribution in [2.75, 3.05) is 0 Å². The van der Waals surface area contributed by atoms with Crippen LogP contribution in [0.25, 0.3) is 0 Å². The van der Waals surface area contributed by atoms with E-state index in [1.807, 2.05) is 23.6 Å². The molecule has 0 aromatic carbocycles. The fraction of sp³-hybridized carbons (Fsp3) is 0. The zero-order valence-electron chi connectivity index (χ0n) is 3.74. The van der Waals surface area contributed by atoms with E-state index in [2.05, 4.69) is 4.40 Å². The van der Waals surface area contributed by atoms with Gasteiger partial charge >= 0.3 is 0 Å². The standard InChI is InChI=1S/C5H5NS/c1-2-4-6-7-5-3-1/h1-5H. The Balaban J connectivity index is 2.60. The minimum Gasteiger partial charge on any atom is -0.220 e. The Morgan fingerprint density at radius 1 is 1.14 bits per heavy atom. The first kappa shape index (κ1) is 4.65. The summed E-state index contributed by atoms with van der Waals surface area (Å²) in [6, 6.07) is 0. The third-order valence-electron chi connectivity index (χ3n) is 0.569. The molecule has 0 aliphatic carbocycles. The second-order valence-corrected chi connectivity index (χ2v) is 1.77. The summed E-state index contributed by atoms with van der Waals surface area (Å²) in [5, 5.41) is 1.93. The molecule has 0 aromatic heterocycles. The van der Waals surface area contributed by atoms with Gasteiger partial charge in [-0.1, -0.05) is 12.2 Å². The van der Waals surface area contributed by atoms with Gasteiger partial charge in [-0.25, -0.2) is 4.40 Å². The van der Waals surface area contributed by atoms with Gasteiger partial charge in [0.15, 0.2) is 0 Å². The number of nitrogens with zero attached hydrogens (tertiary/aromatic N) is 1. The molecule has 0 fully saturated rings. The Bertz CT molecular complexity index is 110. The molecule has 0 atom stereocenters. The van der Waals surface area contributed by atoms with E-state index in [4.69, 9.17) is 0 Å². The van der Waals surface area contributed by atoms with Crippen LogP contribution in [0.3, 0.4) is 0 Å².